The number of terminal acetylenes is 1. The fourth-order valence-corrected chi connectivity index (χ4v) is 6.72. The van der Waals surface area contributed by atoms with Crippen molar-refractivity contribution in [3.8, 4) is 12.3 Å². The van der Waals surface area contributed by atoms with Gasteiger partial charge in [0.1, 0.15) is 12.0 Å². The Hall–Kier alpha value is -7.02. The van der Waals surface area contributed by atoms with E-state index in [9.17, 15) is 0 Å². The minimum Gasteiger partial charge on any atom is -0.364 e. The van der Waals surface area contributed by atoms with Gasteiger partial charge in [-0.1, -0.05) is 134 Å². The van der Waals surface area contributed by atoms with Crippen molar-refractivity contribution in [2.75, 3.05) is 7.05 Å². The number of aliphatic imine (C=N–C) groups is 2. The molecule has 260 valence electrons. The van der Waals surface area contributed by atoms with Crippen LogP contribution in [0, 0.1) is 12.3 Å². The summed E-state index contributed by atoms with van der Waals surface area (Å²) in [5.41, 5.74) is 26.5. The van der Waals surface area contributed by atoms with E-state index in [4.69, 9.17) is 16.4 Å². The number of rotatable bonds is 10. The summed E-state index contributed by atoms with van der Waals surface area (Å²) in [4.78, 5) is 12.1. The predicted molar refractivity (Wildman–Crippen MR) is 223 cm³/mol. The second-order valence-corrected chi connectivity index (χ2v) is 13.2. The second kappa shape index (κ2) is 16.1. The van der Waals surface area contributed by atoms with Crippen LogP contribution in [0.4, 0.5) is 0 Å². The number of benzene rings is 3. The van der Waals surface area contributed by atoms with Gasteiger partial charge < -0.3 is 10.2 Å². The smallest absolute Gasteiger partial charge is 0.167 e. The zero-order valence-electron chi connectivity index (χ0n) is 30.8. The molecule has 4 heteroatoms. The van der Waals surface area contributed by atoms with E-state index in [0.29, 0.717) is 17.2 Å². The van der Waals surface area contributed by atoms with Gasteiger partial charge in [-0.2, -0.15) is 0 Å². The van der Waals surface area contributed by atoms with Crippen LogP contribution in [0.3, 0.4) is 0 Å². The first-order chi connectivity index (χ1) is 26.5. The van der Waals surface area contributed by atoms with Crippen LogP contribution in [0.1, 0.15) is 55.6 Å². The van der Waals surface area contributed by atoms with E-state index in [0.717, 1.165) is 68.0 Å². The van der Waals surface area contributed by atoms with Crippen LogP contribution in [0.5, 0.6) is 0 Å². The molecule has 0 saturated heterocycles. The molecule has 4 aliphatic rings. The van der Waals surface area contributed by atoms with Crippen molar-refractivity contribution in [3.05, 3.63) is 212 Å². The van der Waals surface area contributed by atoms with Crippen LogP contribution in [0.25, 0.3) is 17.4 Å². The minimum atomic E-state index is -0.334. The molecule has 2 heterocycles. The summed E-state index contributed by atoms with van der Waals surface area (Å²) in [6, 6.07) is 27.0. The van der Waals surface area contributed by atoms with Crippen LogP contribution in [-0.2, 0) is 0 Å². The molecule has 1 N–H and O–H groups in total. The molecule has 54 heavy (non-hydrogen) atoms. The number of unbranched alkanes of at least 4 members (excludes halogenated alkanes) is 1. The Bertz CT molecular complexity index is 2650. The number of amidine groups is 2. The molecule has 3 aromatic carbocycles. The summed E-state index contributed by atoms with van der Waals surface area (Å²) in [7, 11) is 2.13. The topological polar surface area (TPSA) is 40.0 Å². The number of nitrogens with zero attached hydrogens (tertiary/aromatic N) is 3. The summed E-state index contributed by atoms with van der Waals surface area (Å²) >= 11 is 0. The van der Waals surface area contributed by atoms with Gasteiger partial charge >= 0.3 is 0 Å². The minimum absolute atomic E-state index is 0.0504. The average Bonchev–Trinajstić information content (AvgIpc) is 3.23. The lowest BCUT2D eigenvalue weighted by Gasteiger charge is -2.35. The van der Waals surface area contributed by atoms with Crippen molar-refractivity contribution in [3.63, 3.8) is 0 Å². The SMILES string of the molecule is C#C/C(=C\CCC)C1=NC(c2ccccc2)NC(C2=C=C=c3cc(C4=C=C=C(C5=CC(c6ccccc6)N(C)C(/C(C=C=C)=C/C)=C5)C=C4)ccc3=C2)=N1. The fourth-order valence-electron chi connectivity index (χ4n) is 6.72. The summed E-state index contributed by atoms with van der Waals surface area (Å²) < 4.78 is 0. The third kappa shape index (κ3) is 7.46. The number of allylic oxidation sites excluding steroid dienone is 9. The quantitative estimate of drug-likeness (QED) is 0.131. The first kappa shape index (κ1) is 35.4. The maximum absolute atomic E-state index is 5.94. The van der Waals surface area contributed by atoms with Gasteiger partial charge in [0.15, 0.2) is 5.84 Å². The van der Waals surface area contributed by atoms with Crippen LogP contribution in [0.15, 0.2) is 194 Å². The molecular weight excluding hydrogens is 657 g/mol. The Morgan fingerprint density at radius 3 is 2.33 bits per heavy atom. The van der Waals surface area contributed by atoms with E-state index < -0.39 is 0 Å². The van der Waals surface area contributed by atoms with Gasteiger partial charge in [0, 0.05) is 34.7 Å². The van der Waals surface area contributed by atoms with E-state index in [1.54, 1.807) is 0 Å². The van der Waals surface area contributed by atoms with Crippen LogP contribution >= 0.6 is 0 Å². The molecule has 2 aliphatic heterocycles. The van der Waals surface area contributed by atoms with Gasteiger partial charge in [0.05, 0.1) is 17.2 Å². The Kier molecular flexibility index (Phi) is 10.6. The van der Waals surface area contributed by atoms with E-state index in [2.05, 4.69) is 144 Å². The molecule has 7 rings (SSSR count). The summed E-state index contributed by atoms with van der Waals surface area (Å²) in [6.07, 6.45) is 24.3. The summed E-state index contributed by atoms with van der Waals surface area (Å²) in [5.74, 6) is 4.00. The molecule has 0 radical (unpaired) electrons. The molecular formula is C50H40N4. The third-order valence-electron chi connectivity index (χ3n) is 9.63. The monoisotopic (exact) mass is 696 g/mol. The highest BCUT2D eigenvalue weighted by Crippen LogP contribution is 2.36. The number of likely N-dealkylation sites (N-methyl/N-ethyl adjacent to an activating group) is 1. The first-order valence-corrected chi connectivity index (χ1v) is 18.2. The van der Waals surface area contributed by atoms with E-state index in [1.807, 2.05) is 55.5 Å². The molecule has 0 fully saturated rings. The van der Waals surface area contributed by atoms with Gasteiger partial charge in [-0.25, -0.2) is 9.98 Å². The van der Waals surface area contributed by atoms with Gasteiger partial charge in [-0.15, -0.1) is 12.2 Å². The lowest BCUT2D eigenvalue weighted by molar-refractivity contribution is 0.361. The van der Waals surface area contributed by atoms with Crippen molar-refractivity contribution in [1.29, 1.82) is 0 Å². The molecule has 0 amide bonds. The summed E-state index contributed by atoms with van der Waals surface area (Å²) in [5, 5.41) is 5.46. The maximum atomic E-state index is 5.94. The van der Waals surface area contributed by atoms with Gasteiger partial charge in [-0.3, -0.25) is 0 Å². The first-order valence-electron chi connectivity index (χ1n) is 18.2. The summed E-state index contributed by atoms with van der Waals surface area (Å²) in [6.45, 7) is 7.98. The normalized spacial score (nSPS) is 18.8. The highest BCUT2D eigenvalue weighted by Gasteiger charge is 2.25. The van der Waals surface area contributed by atoms with Gasteiger partial charge in [-0.05, 0) is 83.3 Å². The maximum Gasteiger partial charge on any atom is 0.167 e. The number of hydrogen-bond donors (Lipinski definition) is 1. The molecule has 0 bridgehead atoms. The van der Waals surface area contributed by atoms with Crippen molar-refractivity contribution in [2.45, 2.75) is 38.9 Å². The lowest BCUT2D eigenvalue weighted by Crippen LogP contribution is -2.35. The Morgan fingerprint density at radius 2 is 1.65 bits per heavy atom. The molecule has 0 saturated carbocycles. The second-order valence-electron chi connectivity index (χ2n) is 13.2. The fraction of sp³-hybridized carbons (Fsp3) is 0.140. The van der Waals surface area contributed by atoms with Crippen LogP contribution in [0.2, 0.25) is 0 Å². The van der Waals surface area contributed by atoms with Crippen molar-refractivity contribution in [2.24, 2.45) is 9.98 Å². The zero-order valence-corrected chi connectivity index (χ0v) is 30.8. The molecule has 4 nitrogen and oxygen atoms in total. The van der Waals surface area contributed by atoms with Crippen LogP contribution < -0.4 is 15.8 Å². The predicted octanol–water partition coefficient (Wildman–Crippen LogP) is 8.82. The average molecular weight is 697 g/mol. The number of nitrogens with one attached hydrogen (secondary N) is 1. The third-order valence-corrected chi connectivity index (χ3v) is 9.63. The largest absolute Gasteiger partial charge is 0.364 e. The zero-order chi connectivity index (χ0) is 37.4. The molecule has 3 aromatic rings. The molecule has 0 aromatic heterocycles. The van der Waals surface area contributed by atoms with E-state index >= 15 is 0 Å². The van der Waals surface area contributed by atoms with Gasteiger partial charge in [0.25, 0.3) is 0 Å². The van der Waals surface area contributed by atoms with Crippen molar-refractivity contribution >= 4 is 29.1 Å². The number of hydrogen-bond acceptors (Lipinski definition) is 4. The number of fused-ring (bicyclic) bond motifs is 1. The van der Waals surface area contributed by atoms with E-state index in [1.165, 1.54) is 5.56 Å². The molecule has 2 atom stereocenters. The molecule has 2 aliphatic carbocycles. The van der Waals surface area contributed by atoms with Crippen LogP contribution in [-0.4, -0.2) is 23.6 Å². The highest BCUT2D eigenvalue weighted by molar-refractivity contribution is 6.17. The Morgan fingerprint density at radius 1 is 0.926 bits per heavy atom. The standard InChI is InChI=1S/C50H40N4/c1-6-10-18-36(9-4)48-51-49(40-21-15-12-16-22-40)53-50(52-48)44-30-29-42-31-41(27-28-43(42)32-44)37-23-25-38(26-24-37)45-33-46(35(8-3)17-7-2)54(5)47(34-45)39-19-13-11-14-20-39/h4,8,11-23,25,27-28,31-34,47,49H,2,6,10H2,1,3,5H3,(H,51,52,53)/b35-8+,36-18+. The van der Waals surface area contributed by atoms with E-state index in [-0.39, 0.29) is 12.2 Å². The lowest BCUT2D eigenvalue weighted by atomic mass is 9.90. The van der Waals surface area contributed by atoms with Crippen molar-refractivity contribution < 1.29 is 0 Å². The Labute approximate surface area is 318 Å². The molecule has 2 unspecified atom stereocenters. The molecule has 0 spiro atoms. The van der Waals surface area contributed by atoms with Crippen molar-refractivity contribution in [1.82, 2.24) is 10.2 Å². The Balaban J connectivity index is 1.25. The van der Waals surface area contributed by atoms with Gasteiger partial charge in [0.2, 0.25) is 0 Å². The highest BCUT2D eigenvalue weighted by atomic mass is 15.2.